The van der Waals surface area contributed by atoms with Gasteiger partial charge in [0.25, 0.3) is 0 Å². The van der Waals surface area contributed by atoms with Crippen molar-refractivity contribution >= 4 is 5.97 Å². The Morgan fingerprint density at radius 3 is 2.58 bits per heavy atom. The summed E-state index contributed by atoms with van der Waals surface area (Å²) in [6, 6.07) is 2.94. The van der Waals surface area contributed by atoms with E-state index in [-0.39, 0.29) is 29.8 Å². The number of hydrogen-bond donors (Lipinski definition) is 3. The zero-order valence-electron chi connectivity index (χ0n) is 11.3. The topological polar surface area (TPSA) is 77.8 Å². The van der Waals surface area contributed by atoms with Crippen molar-refractivity contribution < 1.29 is 20.1 Å². The van der Waals surface area contributed by atoms with Gasteiger partial charge in [0.1, 0.15) is 5.75 Å². The summed E-state index contributed by atoms with van der Waals surface area (Å²) in [5.41, 5.74) is 1.73. The van der Waals surface area contributed by atoms with Gasteiger partial charge >= 0.3 is 5.97 Å². The van der Waals surface area contributed by atoms with Crippen LogP contribution in [0.5, 0.6) is 5.75 Å². The van der Waals surface area contributed by atoms with E-state index < -0.39 is 5.97 Å². The maximum Gasteiger partial charge on any atom is 0.335 e. The number of fused-ring (bicyclic) bond motifs is 1. The molecule has 2 rings (SSSR count). The van der Waals surface area contributed by atoms with Crippen molar-refractivity contribution in [2.45, 2.75) is 38.5 Å². The van der Waals surface area contributed by atoms with E-state index in [0.717, 1.165) is 24.0 Å². The molecular weight excluding hydrogens is 244 g/mol. The second-order valence-electron chi connectivity index (χ2n) is 5.61. The largest absolute Gasteiger partial charge is 0.508 e. The molecule has 1 aliphatic carbocycles. The predicted molar refractivity (Wildman–Crippen MR) is 71.7 cm³/mol. The first kappa shape index (κ1) is 13.9. The van der Waals surface area contributed by atoms with Crippen molar-refractivity contribution in [3.63, 3.8) is 0 Å². The molecule has 4 nitrogen and oxygen atoms in total. The van der Waals surface area contributed by atoms with Crippen molar-refractivity contribution in [1.29, 1.82) is 0 Å². The molecule has 0 radical (unpaired) electrons. The van der Waals surface area contributed by atoms with Crippen molar-refractivity contribution in [2.24, 2.45) is 5.92 Å². The first-order valence-corrected chi connectivity index (χ1v) is 6.66. The summed E-state index contributed by atoms with van der Waals surface area (Å²) in [6.45, 7) is 4.17. The van der Waals surface area contributed by atoms with E-state index in [2.05, 4.69) is 13.8 Å². The lowest BCUT2D eigenvalue weighted by Gasteiger charge is -2.33. The smallest absolute Gasteiger partial charge is 0.335 e. The van der Waals surface area contributed by atoms with Gasteiger partial charge in [-0.3, -0.25) is 0 Å². The third-order valence-corrected chi connectivity index (χ3v) is 4.10. The van der Waals surface area contributed by atoms with E-state index in [4.69, 9.17) is 5.11 Å². The molecule has 1 aromatic carbocycles. The lowest BCUT2D eigenvalue weighted by molar-refractivity contribution is 0.0696. The molecule has 0 amide bonds. The molecule has 4 heteroatoms. The van der Waals surface area contributed by atoms with Crippen molar-refractivity contribution in [3.05, 3.63) is 28.8 Å². The zero-order chi connectivity index (χ0) is 14.2. The fourth-order valence-electron chi connectivity index (χ4n) is 3.09. The van der Waals surface area contributed by atoms with Gasteiger partial charge < -0.3 is 15.3 Å². The molecule has 0 saturated carbocycles. The molecule has 1 aromatic rings. The molecule has 0 heterocycles. The van der Waals surface area contributed by atoms with Crippen LogP contribution in [-0.4, -0.2) is 27.9 Å². The molecule has 3 N–H and O–H groups in total. The van der Waals surface area contributed by atoms with Crippen LogP contribution in [0.4, 0.5) is 0 Å². The number of aromatic carboxylic acids is 1. The maximum absolute atomic E-state index is 11.1. The highest BCUT2D eigenvalue weighted by atomic mass is 16.4. The Morgan fingerprint density at radius 1 is 1.37 bits per heavy atom. The number of phenolic OH excluding ortho intramolecular Hbond substituents is 1. The summed E-state index contributed by atoms with van der Waals surface area (Å²) in [4.78, 5) is 11.1. The van der Waals surface area contributed by atoms with Gasteiger partial charge in [-0.1, -0.05) is 13.8 Å². The molecule has 0 aliphatic heterocycles. The van der Waals surface area contributed by atoms with E-state index in [1.54, 1.807) is 6.07 Å². The summed E-state index contributed by atoms with van der Waals surface area (Å²) in [6.07, 6.45) is 1.74. The average Bonchev–Trinajstić information content (AvgIpc) is 2.36. The minimum atomic E-state index is -1.04. The first-order valence-electron chi connectivity index (χ1n) is 6.66. The van der Waals surface area contributed by atoms with Crippen LogP contribution in [-0.2, 0) is 0 Å². The summed E-state index contributed by atoms with van der Waals surface area (Å²) in [7, 11) is 0. The normalized spacial score (nSPS) is 22.3. The van der Waals surface area contributed by atoms with E-state index in [1.165, 1.54) is 6.07 Å². The van der Waals surface area contributed by atoms with Crippen LogP contribution in [0.3, 0.4) is 0 Å². The SMILES string of the molecule is CC(C)[C@H]1CC[C@H](CO)c2c(O)cc(C(=O)O)cc21. The minimum absolute atomic E-state index is 0.000648. The molecule has 0 saturated heterocycles. The highest BCUT2D eigenvalue weighted by molar-refractivity contribution is 5.88. The third-order valence-electron chi connectivity index (χ3n) is 4.10. The second-order valence-corrected chi connectivity index (χ2v) is 5.61. The van der Waals surface area contributed by atoms with Crippen LogP contribution < -0.4 is 0 Å². The maximum atomic E-state index is 11.1. The third kappa shape index (κ3) is 2.45. The molecule has 1 aliphatic rings. The number of rotatable bonds is 3. The summed E-state index contributed by atoms with van der Waals surface area (Å²) >= 11 is 0. The first-order chi connectivity index (χ1) is 8.95. The van der Waals surface area contributed by atoms with E-state index in [0.29, 0.717) is 5.92 Å². The summed E-state index contributed by atoms with van der Waals surface area (Å²) in [5, 5.41) is 28.6. The Labute approximate surface area is 112 Å². The van der Waals surface area contributed by atoms with Crippen LogP contribution >= 0.6 is 0 Å². The van der Waals surface area contributed by atoms with Crippen LogP contribution in [0, 0.1) is 5.92 Å². The van der Waals surface area contributed by atoms with Crippen LogP contribution in [0.25, 0.3) is 0 Å². The Hall–Kier alpha value is -1.55. The summed E-state index contributed by atoms with van der Waals surface area (Å²) in [5.74, 6) is -0.510. The van der Waals surface area contributed by atoms with Gasteiger partial charge in [0.2, 0.25) is 0 Å². The molecule has 2 atom stereocenters. The molecular formula is C15H20O4. The van der Waals surface area contributed by atoms with Gasteiger partial charge in [0, 0.05) is 11.5 Å². The van der Waals surface area contributed by atoms with E-state index in [9.17, 15) is 15.0 Å². The number of aliphatic hydroxyl groups excluding tert-OH is 1. The Balaban J connectivity index is 2.60. The zero-order valence-corrected chi connectivity index (χ0v) is 11.3. The van der Waals surface area contributed by atoms with Gasteiger partial charge in [-0.2, -0.15) is 0 Å². The molecule has 0 aromatic heterocycles. The number of hydrogen-bond acceptors (Lipinski definition) is 3. The number of carbonyl (C=O) groups is 1. The van der Waals surface area contributed by atoms with Gasteiger partial charge in [-0.15, -0.1) is 0 Å². The molecule has 0 unspecified atom stereocenters. The molecule has 104 valence electrons. The van der Waals surface area contributed by atoms with Gasteiger partial charge in [-0.05, 0) is 42.4 Å². The fraction of sp³-hybridized carbons (Fsp3) is 0.533. The lowest BCUT2D eigenvalue weighted by atomic mass is 9.72. The standard InChI is InChI=1S/C15H20O4/c1-8(2)11-4-3-9(7-16)14-12(11)5-10(15(18)19)6-13(14)17/h5-6,8-9,11,16-17H,3-4,7H2,1-2H3,(H,18,19)/t9-,11-/m1/s1. The Morgan fingerprint density at radius 2 is 2.05 bits per heavy atom. The Kier molecular flexibility index (Phi) is 3.80. The number of phenols is 1. The molecule has 0 spiro atoms. The van der Waals surface area contributed by atoms with Crippen LogP contribution in [0.15, 0.2) is 12.1 Å². The van der Waals surface area contributed by atoms with Gasteiger partial charge in [0.15, 0.2) is 0 Å². The van der Waals surface area contributed by atoms with Crippen LogP contribution in [0.2, 0.25) is 0 Å². The van der Waals surface area contributed by atoms with E-state index in [1.807, 2.05) is 0 Å². The highest BCUT2D eigenvalue weighted by Crippen LogP contribution is 2.46. The van der Waals surface area contributed by atoms with Gasteiger partial charge in [-0.25, -0.2) is 4.79 Å². The Bertz CT molecular complexity index is 493. The van der Waals surface area contributed by atoms with E-state index >= 15 is 0 Å². The number of carboxylic acid groups (broad SMARTS) is 1. The average molecular weight is 264 g/mol. The monoisotopic (exact) mass is 264 g/mol. The fourth-order valence-corrected chi connectivity index (χ4v) is 3.09. The quantitative estimate of drug-likeness (QED) is 0.784. The number of aromatic hydroxyl groups is 1. The highest BCUT2D eigenvalue weighted by Gasteiger charge is 2.31. The molecule has 0 bridgehead atoms. The lowest BCUT2D eigenvalue weighted by Crippen LogP contribution is -2.21. The summed E-state index contributed by atoms with van der Waals surface area (Å²) < 4.78 is 0. The van der Waals surface area contributed by atoms with Crippen molar-refractivity contribution in [2.75, 3.05) is 6.61 Å². The second kappa shape index (κ2) is 5.21. The molecule has 0 fully saturated rings. The van der Waals surface area contributed by atoms with Crippen molar-refractivity contribution in [3.8, 4) is 5.75 Å². The number of aliphatic hydroxyl groups is 1. The minimum Gasteiger partial charge on any atom is -0.508 e. The molecule has 19 heavy (non-hydrogen) atoms. The van der Waals surface area contributed by atoms with Crippen molar-refractivity contribution in [1.82, 2.24) is 0 Å². The van der Waals surface area contributed by atoms with Gasteiger partial charge in [0.05, 0.1) is 12.2 Å². The predicted octanol–water partition coefficient (Wildman–Crippen LogP) is 2.70. The number of carboxylic acids is 1. The number of benzene rings is 1. The van der Waals surface area contributed by atoms with Crippen LogP contribution in [0.1, 0.15) is 60.0 Å².